The predicted octanol–water partition coefficient (Wildman–Crippen LogP) is 1.22. The number of nitrogens with one attached hydrogen (secondary N) is 2. The second-order valence-corrected chi connectivity index (χ2v) is 6.44. The lowest BCUT2D eigenvalue weighted by atomic mass is 9.99. The van der Waals surface area contributed by atoms with Crippen LogP contribution in [0.2, 0.25) is 5.02 Å². The number of esters is 1. The average molecular weight is 382 g/mol. The van der Waals surface area contributed by atoms with Gasteiger partial charge in [-0.3, -0.25) is 19.3 Å². The van der Waals surface area contributed by atoms with Crippen LogP contribution in [0.15, 0.2) is 24.3 Å². The molecule has 0 saturated carbocycles. The number of carbonyl (C=O) groups excluding carboxylic acids is 4. The van der Waals surface area contributed by atoms with Gasteiger partial charge in [-0.15, -0.1) is 0 Å². The lowest BCUT2D eigenvalue weighted by Gasteiger charge is -2.18. The Balaban J connectivity index is 1.78. The molecule has 2 N–H and O–H groups in total. The zero-order chi connectivity index (χ0) is 19.3. The minimum absolute atomic E-state index is 0.192. The van der Waals surface area contributed by atoms with E-state index >= 15 is 0 Å². The van der Waals surface area contributed by atoms with Gasteiger partial charge in [0.25, 0.3) is 11.8 Å². The number of amides is 4. The van der Waals surface area contributed by atoms with Crippen molar-refractivity contribution in [2.75, 3.05) is 13.2 Å². The maximum atomic E-state index is 12.2. The van der Waals surface area contributed by atoms with Crippen LogP contribution in [0.5, 0.6) is 0 Å². The first-order chi connectivity index (χ1) is 12.3. The summed E-state index contributed by atoms with van der Waals surface area (Å²) in [5, 5.41) is 5.62. The van der Waals surface area contributed by atoms with Crippen molar-refractivity contribution in [2.24, 2.45) is 0 Å². The lowest BCUT2D eigenvalue weighted by Crippen LogP contribution is -2.43. The Morgan fingerprint density at radius 2 is 2.00 bits per heavy atom. The highest BCUT2D eigenvalue weighted by molar-refractivity contribution is 6.31. The van der Waals surface area contributed by atoms with Crippen LogP contribution in [0.4, 0.5) is 4.79 Å². The van der Waals surface area contributed by atoms with E-state index in [1.807, 2.05) is 0 Å². The summed E-state index contributed by atoms with van der Waals surface area (Å²) in [6.07, 6.45) is 0.396. The Morgan fingerprint density at radius 1 is 1.31 bits per heavy atom. The molecule has 1 saturated heterocycles. The zero-order valence-electron chi connectivity index (χ0n) is 14.5. The largest absolute Gasteiger partial charge is 0.454 e. The van der Waals surface area contributed by atoms with E-state index in [9.17, 15) is 19.2 Å². The Labute approximate surface area is 155 Å². The van der Waals surface area contributed by atoms with E-state index in [-0.39, 0.29) is 6.54 Å². The Hall–Kier alpha value is -2.61. The molecule has 1 aliphatic rings. The molecule has 2 rings (SSSR count). The van der Waals surface area contributed by atoms with Crippen molar-refractivity contribution in [3.63, 3.8) is 0 Å². The van der Waals surface area contributed by atoms with Gasteiger partial charge >= 0.3 is 12.0 Å². The number of benzene rings is 1. The molecular weight excluding hydrogens is 362 g/mol. The fourth-order valence-electron chi connectivity index (χ4n) is 2.34. The second-order valence-electron chi connectivity index (χ2n) is 6.04. The molecule has 8 nitrogen and oxygen atoms in total. The molecule has 9 heteroatoms. The van der Waals surface area contributed by atoms with Gasteiger partial charge < -0.3 is 15.4 Å². The van der Waals surface area contributed by atoms with Crippen LogP contribution in [0.25, 0.3) is 0 Å². The summed E-state index contributed by atoms with van der Waals surface area (Å²) < 4.78 is 4.83. The third kappa shape index (κ3) is 4.51. The van der Waals surface area contributed by atoms with Gasteiger partial charge in [-0.25, -0.2) is 4.79 Å². The van der Waals surface area contributed by atoms with Crippen LogP contribution in [0, 0.1) is 0 Å². The van der Waals surface area contributed by atoms with Crippen molar-refractivity contribution in [3.05, 3.63) is 34.9 Å². The predicted molar refractivity (Wildman–Crippen MR) is 93.2 cm³/mol. The molecule has 26 heavy (non-hydrogen) atoms. The summed E-state index contributed by atoms with van der Waals surface area (Å²) in [5.74, 6) is -1.86. The maximum absolute atomic E-state index is 12.2. The highest BCUT2D eigenvalue weighted by atomic mass is 35.5. The fourth-order valence-corrected chi connectivity index (χ4v) is 2.54. The molecule has 1 aromatic rings. The number of rotatable bonds is 7. The van der Waals surface area contributed by atoms with Gasteiger partial charge in [0.2, 0.25) is 0 Å². The van der Waals surface area contributed by atoms with Gasteiger partial charge in [-0.05, 0) is 25.0 Å². The normalized spacial score (nSPS) is 19.3. The first-order valence-corrected chi connectivity index (χ1v) is 8.44. The van der Waals surface area contributed by atoms with Crippen molar-refractivity contribution < 1.29 is 23.9 Å². The number of halogens is 1. The van der Waals surface area contributed by atoms with E-state index in [4.69, 9.17) is 16.3 Å². The number of ether oxygens (including phenoxy) is 1. The monoisotopic (exact) mass is 381 g/mol. The summed E-state index contributed by atoms with van der Waals surface area (Å²) in [7, 11) is 0. The molecule has 0 bridgehead atoms. The standard InChI is InChI=1S/C17H20ClN3O5/c1-3-17(2)15(24)21(16(25)20-17)9-14(23)26-10-13(22)19-8-11-6-4-5-7-12(11)18/h4-7H,3,8-10H2,1-2H3,(H,19,22)(H,20,25)/t17-/m1/s1. The molecule has 0 aliphatic carbocycles. The first-order valence-electron chi connectivity index (χ1n) is 8.06. The number of hydrogen-bond acceptors (Lipinski definition) is 5. The molecule has 1 fully saturated rings. The Bertz CT molecular complexity index is 739. The summed E-state index contributed by atoms with van der Waals surface area (Å²) in [6, 6.07) is 6.37. The van der Waals surface area contributed by atoms with E-state index in [0.717, 1.165) is 10.5 Å². The van der Waals surface area contributed by atoms with Crippen LogP contribution in [0.1, 0.15) is 25.8 Å². The van der Waals surface area contributed by atoms with Crippen molar-refractivity contribution in [2.45, 2.75) is 32.4 Å². The summed E-state index contributed by atoms with van der Waals surface area (Å²) >= 11 is 5.98. The van der Waals surface area contributed by atoms with Crippen molar-refractivity contribution in [1.29, 1.82) is 0 Å². The van der Waals surface area contributed by atoms with Crippen molar-refractivity contribution >= 4 is 35.4 Å². The molecule has 0 aromatic heterocycles. The number of nitrogens with zero attached hydrogens (tertiary/aromatic N) is 1. The van der Waals surface area contributed by atoms with Crippen LogP contribution >= 0.6 is 11.6 Å². The molecule has 1 atom stereocenters. The minimum Gasteiger partial charge on any atom is -0.454 e. The van der Waals surface area contributed by atoms with Crippen LogP contribution < -0.4 is 10.6 Å². The lowest BCUT2D eigenvalue weighted by molar-refractivity contribution is -0.151. The summed E-state index contributed by atoms with van der Waals surface area (Å²) in [6.45, 7) is 2.47. The quantitative estimate of drug-likeness (QED) is 0.545. The van der Waals surface area contributed by atoms with Gasteiger partial charge in [0, 0.05) is 11.6 Å². The highest BCUT2D eigenvalue weighted by Crippen LogP contribution is 2.20. The number of imide groups is 1. The molecule has 140 valence electrons. The SMILES string of the molecule is CC[C@@]1(C)NC(=O)N(CC(=O)OCC(=O)NCc2ccccc2Cl)C1=O. The van der Waals surface area contributed by atoms with E-state index in [2.05, 4.69) is 10.6 Å². The molecule has 0 spiro atoms. The second kappa shape index (κ2) is 8.18. The molecule has 1 heterocycles. The Morgan fingerprint density at radius 3 is 2.62 bits per heavy atom. The summed E-state index contributed by atoms with van der Waals surface area (Å²) in [4.78, 5) is 48.4. The van der Waals surface area contributed by atoms with E-state index in [1.165, 1.54) is 0 Å². The van der Waals surface area contributed by atoms with Crippen molar-refractivity contribution in [1.82, 2.24) is 15.5 Å². The van der Waals surface area contributed by atoms with Gasteiger partial charge in [0.05, 0.1) is 0 Å². The van der Waals surface area contributed by atoms with E-state index in [1.54, 1.807) is 38.1 Å². The van der Waals surface area contributed by atoms with E-state index in [0.29, 0.717) is 11.4 Å². The molecular formula is C17H20ClN3O5. The van der Waals surface area contributed by atoms with Gasteiger partial charge in [0.15, 0.2) is 6.61 Å². The Kier molecular flexibility index (Phi) is 6.20. The fraction of sp³-hybridized carbons (Fsp3) is 0.412. The average Bonchev–Trinajstić information content (AvgIpc) is 2.83. The topological polar surface area (TPSA) is 105 Å². The summed E-state index contributed by atoms with van der Waals surface area (Å²) in [5.41, 5.74) is -0.295. The highest BCUT2D eigenvalue weighted by Gasteiger charge is 2.47. The molecule has 0 radical (unpaired) electrons. The smallest absolute Gasteiger partial charge is 0.326 e. The van der Waals surface area contributed by atoms with Gasteiger partial charge in [-0.2, -0.15) is 0 Å². The maximum Gasteiger partial charge on any atom is 0.326 e. The molecule has 1 aromatic carbocycles. The minimum atomic E-state index is -1.02. The number of carbonyl (C=O) groups is 4. The first kappa shape index (κ1) is 19.7. The van der Waals surface area contributed by atoms with Crippen LogP contribution in [0.3, 0.4) is 0 Å². The van der Waals surface area contributed by atoms with E-state index < -0.39 is 42.5 Å². The number of urea groups is 1. The molecule has 4 amide bonds. The number of hydrogen-bond donors (Lipinski definition) is 2. The zero-order valence-corrected chi connectivity index (χ0v) is 15.3. The van der Waals surface area contributed by atoms with Crippen molar-refractivity contribution in [3.8, 4) is 0 Å². The van der Waals surface area contributed by atoms with Gasteiger partial charge in [-0.1, -0.05) is 36.7 Å². The molecule has 0 unspecified atom stereocenters. The third-order valence-corrected chi connectivity index (χ3v) is 4.51. The van der Waals surface area contributed by atoms with Crippen LogP contribution in [-0.2, 0) is 25.7 Å². The van der Waals surface area contributed by atoms with Crippen LogP contribution in [-0.4, -0.2) is 47.4 Å². The van der Waals surface area contributed by atoms with Gasteiger partial charge in [0.1, 0.15) is 12.1 Å². The molecule has 1 aliphatic heterocycles. The third-order valence-electron chi connectivity index (χ3n) is 4.14.